The Balaban J connectivity index is 1.92. The van der Waals surface area contributed by atoms with Gasteiger partial charge in [0.15, 0.2) is 0 Å². The van der Waals surface area contributed by atoms with E-state index < -0.39 is 12.0 Å². The fourth-order valence-electron chi connectivity index (χ4n) is 4.44. The number of nitrogens with zero attached hydrogens (tertiary/aromatic N) is 1. The number of amides is 2. The first kappa shape index (κ1) is 16.4. The summed E-state index contributed by atoms with van der Waals surface area (Å²) in [5.41, 5.74) is 0. The highest BCUT2D eigenvalue weighted by Gasteiger charge is 2.67. The third-order valence-electron chi connectivity index (χ3n) is 5.31. The summed E-state index contributed by atoms with van der Waals surface area (Å²) < 4.78 is 0. The average molecular weight is 437 g/mol. The van der Waals surface area contributed by atoms with E-state index in [0.717, 1.165) is 11.3 Å². The monoisotopic (exact) mass is 435 g/mol. The average Bonchev–Trinajstić information content (AvgIpc) is 3.02. The van der Waals surface area contributed by atoms with E-state index in [-0.39, 0.29) is 51.1 Å². The Morgan fingerprint density at radius 3 is 2.00 bits per heavy atom. The van der Waals surface area contributed by atoms with E-state index in [0.29, 0.717) is 6.42 Å². The van der Waals surface area contributed by atoms with Gasteiger partial charge in [0, 0.05) is 9.65 Å². The lowest BCUT2D eigenvalue weighted by Crippen LogP contribution is -2.47. The van der Waals surface area contributed by atoms with E-state index in [9.17, 15) is 19.5 Å². The van der Waals surface area contributed by atoms with Gasteiger partial charge < -0.3 is 5.11 Å². The summed E-state index contributed by atoms with van der Waals surface area (Å²) in [6.07, 6.45) is 1.16. The number of rotatable bonds is 4. The van der Waals surface area contributed by atoms with Crippen LogP contribution in [0.25, 0.3) is 0 Å². The van der Waals surface area contributed by atoms with Crippen molar-refractivity contribution in [2.75, 3.05) is 0 Å². The normalized spacial score (nSPS) is 41.4. The second kappa shape index (κ2) is 5.58. The van der Waals surface area contributed by atoms with Crippen LogP contribution in [0.3, 0.4) is 0 Å². The second-order valence-corrected chi connectivity index (χ2v) is 9.15. The highest BCUT2D eigenvalue weighted by molar-refractivity contribution is 9.12. The summed E-state index contributed by atoms with van der Waals surface area (Å²) in [6.45, 7) is 3.79. The van der Waals surface area contributed by atoms with Gasteiger partial charge in [0.2, 0.25) is 11.8 Å². The molecule has 0 unspecified atom stereocenters. The molecule has 0 aromatic heterocycles. The third kappa shape index (κ3) is 2.19. The number of hydrogen-bond donors (Lipinski definition) is 1. The van der Waals surface area contributed by atoms with Crippen LogP contribution in [-0.2, 0) is 14.4 Å². The molecular formula is C15H19Br2NO4. The Kier molecular flexibility index (Phi) is 4.17. The number of hydrogen-bond acceptors (Lipinski definition) is 3. The van der Waals surface area contributed by atoms with Gasteiger partial charge in [-0.05, 0) is 30.6 Å². The number of likely N-dealkylation sites (tertiary alicyclic amines) is 1. The number of carbonyl (C=O) groups is 3. The predicted molar refractivity (Wildman–Crippen MR) is 86.7 cm³/mol. The lowest BCUT2D eigenvalue weighted by atomic mass is 9.81. The van der Waals surface area contributed by atoms with Gasteiger partial charge in [-0.3, -0.25) is 14.5 Å². The van der Waals surface area contributed by atoms with Gasteiger partial charge in [0.05, 0.1) is 11.8 Å². The summed E-state index contributed by atoms with van der Waals surface area (Å²) >= 11 is 7.25. The Morgan fingerprint density at radius 1 is 1.18 bits per heavy atom. The van der Waals surface area contributed by atoms with Crippen LogP contribution < -0.4 is 0 Å². The molecule has 7 atom stereocenters. The smallest absolute Gasteiger partial charge is 0.326 e. The van der Waals surface area contributed by atoms with E-state index in [4.69, 9.17) is 0 Å². The zero-order valence-corrected chi connectivity index (χ0v) is 15.6. The van der Waals surface area contributed by atoms with Crippen LogP contribution in [0.15, 0.2) is 0 Å². The van der Waals surface area contributed by atoms with Gasteiger partial charge in [0.1, 0.15) is 6.04 Å². The Labute approximate surface area is 146 Å². The van der Waals surface area contributed by atoms with Crippen LogP contribution in [0.2, 0.25) is 0 Å². The van der Waals surface area contributed by atoms with Crippen molar-refractivity contribution >= 4 is 49.6 Å². The number of carboxylic acid groups (broad SMARTS) is 1. The topological polar surface area (TPSA) is 74.7 Å². The molecule has 0 spiro atoms. The van der Waals surface area contributed by atoms with Gasteiger partial charge >= 0.3 is 5.97 Å². The molecule has 0 radical (unpaired) electrons. The lowest BCUT2D eigenvalue weighted by molar-refractivity contribution is -0.156. The lowest BCUT2D eigenvalue weighted by Gasteiger charge is -2.28. The van der Waals surface area contributed by atoms with Crippen molar-refractivity contribution in [3.8, 4) is 0 Å². The molecule has 2 saturated carbocycles. The predicted octanol–water partition coefficient (Wildman–Crippen LogP) is 2.26. The number of carbonyl (C=O) groups excluding carboxylic acids is 2. The molecule has 2 aliphatic carbocycles. The minimum atomic E-state index is -1.09. The van der Waals surface area contributed by atoms with Crippen LogP contribution in [0, 0.1) is 29.6 Å². The van der Waals surface area contributed by atoms with E-state index in [1.165, 1.54) is 0 Å². The van der Waals surface area contributed by atoms with Crippen molar-refractivity contribution in [3.63, 3.8) is 0 Å². The van der Waals surface area contributed by atoms with Crippen molar-refractivity contribution < 1.29 is 19.5 Å². The summed E-state index contributed by atoms with van der Waals surface area (Å²) in [7, 11) is 0. The quantitative estimate of drug-likeness (QED) is 0.541. The Bertz CT molecular complexity index is 506. The third-order valence-corrected chi connectivity index (χ3v) is 8.52. The van der Waals surface area contributed by atoms with Gasteiger partial charge in [-0.15, -0.1) is 0 Å². The molecule has 3 aliphatic rings. The fraction of sp³-hybridized carbons (Fsp3) is 0.800. The zero-order chi connectivity index (χ0) is 16.3. The first-order chi connectivity index (χ1) is 10.3. The van der Waals surface area contributed by atoms with Crippen molar-refractivity contribution in [2.45, 2.75) is 42.4 Å². The highest BCUT2D eigenvalue weighted by Crippen LogP contribution is 2.60. The van der Waals surface area contributed by atoms with Crippen LogP contribution in [0.1, 0.15) is 26.7 Å². The van der Waals surface area contributed by atoms with Gasteiger partial charge in [-0.2, -0.15) is 0 Å². The van der Waals surface area contributed by atoms with E-state index in [1.54, 1.807) is 0 Å². The summed E-state index contributed by atoms with van der Waals surface area (Å²) in [5.74, 6) is -1.99. The Morgan fingerprint density at radius 2 is 1.64 bits per heavy atom. The molecule has 1 N–H and O–H groups in total. The number of alkyl halides is 2. The van der Waals surface area contributed by atoms with Crippen LogP contribution >= 0.6 is 31.9 Å². The molecular weight excluding hydrogens is 418 g/mol. The Hall–Kier alpha value is -0.430. The minimum Gasteiger partial charge on any atom is -0.480 e. The van der Waals surface area contributed by atoms with Gasteiger partial charge in [-0.25, -0.2) is 4.79 Å². The molecule has 7 heteroatoms. The highest BCUT2D eigenvalue weighted by atomic mass is 79.9. The van der Waals surface area contributed by atoms with E-state index in [1.807, 2.05) is 13.8 Å². The van der Waals surface area contributed by atoms with Crippen molar-refractivity contribution in [3.05, 3.63) is 0 Å². The second-order valence-electron chi connectivity index (χ2n) is 7.03. The number of fused-ring (bicyclic) bond motifs is 5. The molecule has 22 heavy (non-hydrogen) atoms. The zero-order valence-electron chi connectivity index (χ0n) is 12.4. The molecule has 1 aliphatic heterocycles. The van der Waals surface area contributed by atoms with Gasteiger partial charge in [-0.1, -0.05) is 45.7 Å². The van der Waals surface area contributed by atoms with E-state index in [2.05, 4.69) is 31.9 Å². The number of carboxylic acids is 1. The van der Waals surface area contributed by atoms with Crippen molar-refractivity contribution in [1.29, 1.82) is 0 Å². The standard InChI is InChI=1S/C15H19Br2NO4/c1-5(2)3-8(15(21)22)18-13(19)9-6-4-7(10(9)14(18)20)12(17)11(6)16/h5-12H,3-4H2,1-2H3,(H,21,22)/t6-,7-,8-,9-,10+,11-,12+/m1/s1. The maximum atomic E-state index is 12.8. The minimum absolute atomic E-state index is 0.103. The number of aliphatic carboxylic acids is 1. The van der Waals surface area contributed by atoms with Crippen LogP contribution in [0.4, 0.5) is 0 Å². The molecule has 122 valence electrons. The number of halogens is 2. The maximum absolute atomic E-state index is 12.8. The SMILES string of the molecule is CC(C)C[C@H](C(=O)O)N1C(=O)[C@@H]2[C@H]3C[C@@H]([C@H](Br)[C@@H]3Br)[C@@H]2C1=O. The molecule has 5 nitrogen and oxygen atoms in total. The van der Waals surface area contributed by atoms with Gasteiger partial charge in [0.25, 0.3) is 0 Å². The molecule has 1 saturated heterocycles. The number of imide groups is 1. The molecule has 1 heterocycles. The molecule has 2 amide bonds. The first-order valence-corrected chi connectivity index (χ1v) is 9.46. The summed E-state index contributed by atoms with van der Waals surface area (Å²) in [4.78, 5) is 38.5. The molecule has 3 fully saturated rings. The molecule has 0 aromatic carbocycles. The molecule has 0 aromatic rings. The summed E-state index contributed by atoms with van der Waals surface area (Å²) in [5, 5.41) is 9.47. The maximum Gasteiger partial charge on any atom is 0.326 e. The van der Waals surface area contributed by atoms with Crippen LogP contribution in [-0.4, -0.2) is 43.5 Å². The van der Waals surface area contributed by atoms with Crippen molar-refractivity contribution in [1.82, 2.24) is 4.90 Å². The molecule has 2 bridgehead atoms. The van der Waals surface area contributed by atoms with Crippen molar-refractivity contribution in [2.24, 2.45) is 29.6 Å². The molecule has 3 rings (SSSR count). The van der Waals surface area contributed by atoms with E-state index >= 15 is 0 Å². The first-order valence-electron chi connectivity index (χ1n) is 7.63. The van der Waals surface area contributed by atoms with Crippen LogP contribution in [0.5, 0.6) is 0 Å². The largest absolute Gasteiger partial charge is 0.480 e. The fourth-order valence-corrected chi connectivity index (χ4v) is 6.32. The summed E-state index contributed by atoms with van der Waals surface area (Å²) in [6, 6.07) is -1.03.